The lowest BCUT2D eigenvalue weighted by Gasteiger charge is -2.28. The van der Waals surface area contributed by atoms with Gasteiger partial charge in [0.05, 0.1) is 7.11 Å². The van der Waals surface area contributed by atoms with Crippen molar-refractivity contribution in [3.63, 3.8) is 0 Å². The Kier molecular flexibility index (Phi) is 6.25. The summed E-state index contributed by atoms with van der Waals surface area (Å²) in [6.45, 7) is 10.4. The zero-order valence-corrected chi connectivity index (χ0v) is 14.2. The van der Waals surface area contributed by atoms with E-state index >= 15 is 0 Å². The highest BCUT2D eigenvalue weighted by molar-refractivity contribution is 5.79. The highest BCUT2D eigenvalue weighted by Crippen LogP contribution is 2.25. The largest absolute Gasteiger partial charge is 0.497 e. The summed E-state index contributed by atoms with van der Waals surface area (Å²) in [6.07, 6.45) is 1.78. The highest BCUT2D eigenvalue weighted by atomic mass is 16.5. The summed E-state index contributed by atoms with van der Waals surface area (Å²) < 4.78 is 5.16. The Labute approximate surface area is 129 Å². The molecule has 0 fully saturated rings. The molecule has 0 aliphatic heterocycles. The van der Waals surface area contributed by atoms with Crippen LogP contribution in [0.2, 0.25) is 0 Å². The molecule has 0 radical (unpaired) electrons. The first-order chi connectivity index (χ1) is 9.77. The topological polar surface area (TPSA) is 38.3 Å². The Morgan fingerprint density at radius 2 is 1.81 bits per heavy atom. The monoisotopic (exact) mass is 291 g/mol. The van der Waals surface area contributed by atoms with Crippen molar-refractivity contribution < 1.29 is 9.53 Å². The zero-order chi connectivity index (χ0) is 16.0. The van der Waals surface area contributed by atoms with Crippen molar-refractivity contribution in [2.75, 3.05) is 7.11 Å². The summed E-state index contributed by atoms with van der Waals surface area (Å²) in [4.78, 5) is 12.3. The van der Waals surface area contributed by atoms with E-state index in [2.05, 4.69) is 45.1 Å². The SMILES string of the molecule is CC[C@H](Cc1ccc(OC)cc1)NC(=O)[C@@H](C)C(C)(C)C. The Balaban J connectivity index is 2.64. The third-order valence-corrected chi connectivity index (χ3v) is 4.17. The van der Waals surface area contributed by atoms with Crippen molar-refractivity contribution in [2.45, 2.75) is 53.5 Å². The van der Waals surface area contributed by atoms with Gasteiger partial charge in [0.1, 0.15) is 5.75 Å². The molecule has 0 heterocycles. The molecule has 0 bridgehead atoms. The summed E-state index contributed by atoms with van der Waals surface area (Å²) in [6, 6.07) is 8.21. The molecule has 118 valence electrons. The number of carbonyl (C=O) groups excluding carboxylic acids is 1. The molecular formula is C18H29NO2. The van der Waals surface area contributed by atoms with Crippen molar-refractivity contribution in [3.05, 3.63) is 29.8 Å². The molecule has 3 nitrogen and oxygen atoms in total. The van der Waals surface area contributed by atoms with Crippen LogP contribution in [0.3, 0.4) is 0 Å². The van der Waals surface area contributed by atoms with Crippen molar-refractivity contribution >= 4 is 5.91 Å². The van der Waals surface area contributed by atoms with Gasteiger partial charge in [-0.15, -0.1) is 0 Å². The Bertz CT molecular complexity index is 445. The Morgan fingerprint density at radius 3 is 2.24 bits per heavy atom. The smallest absolute Gasteiger partial charge is 0.223 e. The lowest BCUT2D eigenvalue weighted by molar-refractivity contribution is -0.128. The van der Waals surface area contributed by atoms with Crippen molar-refractivity contribution in [3.8, 4) is 5.75 Å². The van der Waals surface area contributed by atoms with E-state index in [0.717, 1.165) is 18.6 Å². The molecular weight excluding hydrogens is 262 g/mol. The molecule has 0 aromatic heterocycles. The van der Waals surface area contributed by atoms with Gasteiger partial charge in [0.25, 0.3) is 0 Å². The maximum atomic E-state index is 12.3. The van der Waals surface area contributed by atoms with E-state index in [1.807, 2.05) is 19.1 Å². The van der Waals surface area contributed by atoms with Gasteiger partial charge < -0.3 is 10.1 Å². The molecule has 3 heteroatoms. The van der Waals surface area contributed by atoms with Crippen LogP contribution >= 0.6 is 0 Å². The first kappa shape index (κ1) is 17.5. The lowest BCUT2D eigenvalue weighted by atomic mass is 9.81. The minimum atomic E-state index is -0.0114. The number of hydrogen-bond donors (Lipinski definition) is 1. The molecule has 1 aromatic carbocycles. The second-order valence-corrected chi connectivity index (χ2v) is 6.75. The fraction of sp³-hybridized carbons (Fsp3) is 0.611. The second kappa shape index (κ2) is 7.48. The molecule has 0 saturated carbocycles. The van der Waals surface area contributed by atoms with Gasteiger partial charge in [-0.2, -0.15) is 0 Å². The number of carbonyl (C=O) groups is 1. The van der Waals surface area contributed by atoms with E-state index < -0.39 is 0 Å². The average molecular weight is 291 g/mol. The van der Waals surface area contributed by atoms with Gasteiger partial charge in [-0.1, -0.05) is 46.8 Å². The number of hydrogen-bond acceptors (Lipinski definition) is 2. The maximum Gasteiger partial charge on any atom is 0.223 e. The van der Waals surface area contributed by atoms with Crippen LogP contribution in [0.1, 0.15) is 46.6 Å². The minimum Gasteiger partial charge on any atom is -0.497 e. The van der Waals surface area contributed by atoms with Gasteiger partial charge in [0, 0.05) is 12.0 Å². The Morgan fingerprint density at radius 1 is 1.24 bits per heavy atom. The van der Waals surface area contributed by atoms with Crippen LogP contribution in [0.25, 0.3) is 0 Å². The van der Waals surface area contributed by atoms with Crippen LogP contribution in [0.4, 0.5) is 0 Å². The number of rotatable bonds is 6. The van der Waals surface area contributed by atoms with Crippen molar-refractivity contribution in [1.82, 2.24) is 5.32 Å². The zero-order valence-electron chi connectivity index (χ0n) is 14.2. The predicted molar refractivity (Wildman–Crippen MR) is 87.5 cm³/mol. The van der Waals surface area contributed by atoms with Crippen molar-refractivity contribution in [1.29, 1.82) is 0 Å². The van der Waals surface area contributed by atoms with Crippen LogP contribution in [0.15, 0.2) is 24.3 Å². The van der Waals surface area contributed by atoms with E-state index in [9.17, 15) is 4.79 Å². The van der Waals surface area contributed by atoms with Gasteiger partial charge >= 0.3 is 0 Å². The van der Waals surface area contributed by atoms with Gasteiger partial charge in [0.2, 0.25) is 5.91 Å². The lowest BCUT2D eigenvalue weighted by Crippen LogP contribution is -2.42. The standard InChI is InChI=1S/C18H29NO2/c1-7-15(19-17(20)13(2)18(3,4)5)12-14-8-10-16(21-6)11-9-14/h8-11,13,15H,7,12H2,1-6H3,(H,19,20)/t13-,15-/m1/s1. The van der Waals surface area contributed by atoms with Crippen LogP contribution in [0.5, 0.6) is 5.75 Å². The molecule has 0 aliphatic carbocycles. The van der Waals surface area contributed by atoms with Crippen LogP contribution in [-0.2, 0) is 11.2 Å². The third-order valence-electron chi connectivity index (χ3n) is 4.17. The fourth-order valence-electron chi connectivity index (χ4n) is 2.06. The van der Waals surface area contributed by atoms with E-state index in [0.29, 0.717) is 0 Å². The maximum absolute atomic E-state index is 12.3. The minimum absolute atomic E-state index is 0.00224. The van der Waals surface area contributed by atoms with Crippen LogP contribution < -0.4 is 10.1 Å². The second-order valence-electron chi connectivity index (χ2n) is 6.75. The van der Waals surface area contributed by atoms with Gasteiger partial charge in [-0.25, -0.2) is 0 Å². The number of methoxy groups -OCH3 is 1. The molecule has 1 amide bonds. The quantitative estimate of drug-likeness (QED) is 0.865. The molecule has 0 aliphatic rings. The van der Waals surface area contributed by atoms with E-state index in [1.165, 1.54) is 5.56 Å². The molecule has 0 spiro atoms. The summed E-state index contributed by atoms with van der Waals surface area (Å²) >= 11 is 0. The third kappa shape index (κ3) is 5.41. The first-order valence-corrected chi connectivity index (χ1v) is 7.71. The number of ether oxygens (including phenoxy) is 1. The fourth-order valence-corrected chi connectivity index (χ4v) is 2.06. The Hall–Kier alpha value is -1.51. The van der Waals surface area contributed by atoms with E-state index in [4.69, 9.17) is 4.74 Å². The molecule has 21 heavy (non-hydrogen) atoms. The van der Waals surface area contributed by atoms with E-state index in [1.54, 1.807) is 7.11 Å². The average Bonchev–Trinajstić information content (AvgIpc) is 2.45. The summed E-state index contributed by atoms with van der Waals surface area (Å²) in [5, 5.41) is 3.18. The van der Waals surface area contributed by atoms with Gasteiger partial charge in [0.15, 0.2) is 0 Å². The summed E-state index contributed by atoms with van der Waals surface area (Å²) in [7, 11) is 1.66. The highest BCUT2D eigenvalue weighted by Gasteiger charge is 2.27. The molecule has 1 rings (SSSR count). The number of amides is 1. The summed E-state index contributed by atoms with van der Waals surface area (Å²) in [5.41, 5.74) is 1.20. The van der Waals surface area contributed by atoms with Gasteiger partial charge in [-0.3, -0.25) is 4.79 Å². The summed E-state index contributed by atoms with van der Waals surface area (Å²) in [5.74, 6) is 1.00. The van der Waals surface area contributed by atoms with Crippen LogP contribution in [0, 0.1) is 11.3 Å². The first-order valence-electron chi connectivity index (χ1n) is 7.71. The molecule has 2 atom stereocenters. The molecule has 1 N–H and O–H groups in total. The normalized spacial score (nSPS) is 14.4. The van der Waals surface area contributed by atoms with Crippen molar-refractivity contribution in [2.24, 2.45) is 11.3 Å². The molecule has 0 saturated heterocycles. The van der Waals surface area contributed by atoms with Crippen LogP contribution in [-0.4, -0.2) is 19.1 Å². The number of benzene rings is 1. The molecule has 1 aromatic rings. The molecule has 0 unspecified atom stereocenters. The van der Waals surface area contributed by atoms with Gasteiger partial charge in [-0.05, 0) is 36.0 Å². The number of nitrogens with one attached hydrogen (secondary N) is 1. The van der Waals surface area contributed by atoms with E-state index in [-0.39, 0.29) is 23.3 Å². The predicted octanol–water partition coefficient (Wildman–Crippen LogP) is 3.81.